The number of aldehydes is 1. The van der Waals surface area contributed by atoms with Gasteiger partial charge in [-0.25, -0.2) is 0 Å². The number of rotatable bonds is 5. The first-order chi connectivity index (χ1) is 18.6. The van der Waals surface area contributed by atoms with Gasteiger partial charge in [0, 0.05) is 54.9 Å². The van der Waals surface area contributed by atoms with Crippen molar-refractivity contribution in [3.63, 3.8) is 0 Å². The zero-order chi connectivity index (χ0) is 26.1. The van der Waals surface area contributed by atoms with Crippen molar-refractivity contribution >= 4 is 28.7 Å². The fraction of sp³-hybridized carbons (Fsp3) is 0.500. The second-order valence-corrected chi connectivity index (χ2v) is 11.3. The number of carbonyl (C=O) groups excluding carboxylic acids is 1. The molecule has 0 unspecified atom stereocenters. The van der Waals surface area contributed by atoms with Crippen molar-refractivity contribution in [2.24, 2.45) is 11.3 Å². The van der Waals surface area contributed by atoms with Crippen molar-refractivity contribution in [1.82, 2.24) is 15.2 Å². The van der Waals surface area contributed by atoms with E-state index in [1.54, 1.807) is 6.20 Å². The lowest BCUT2D eigenvalue weighted by Crippen LogP contribution is -2.42. The maximum Gasteiger partial charge on any atom is 0.233 e. The van der Waals surface area contributed by atoms with Gasteiger partial charge in [0.1, 0.15) is 18.5 Å². The standard InChI is InChI=1S/C30H34N6O2/c1-21-17-30(20-36(21)26-9-6-23(18-31)29-25(26)3-2-14-32-29)12-15-35(16-13-30)27-10-11-28(34-33-27)38-24-7-4-22(19-37)5-8-24/h2-3,6,9-11,14,19,21-22,24H,4-5,7-8,12-13,15-17,20H2,1H3/t21-,22?,24?/m0/s1. The van der Waals surface area contributed by atoms with Crippen molar-refractivity contribution in [1.29, 1.82) is 5.26 Å². The van der Waals surface area contributed by atoms with E-state index in [-0.39, 0.29) is 17.4 Å². The molecule has 1 aliphatic carbocycles. The number of hydrogen-bond acceptors (Lipinski definition) is 8. The van der Waals surface area contributed by atoms with Crippen LogP contribution in [0.4, 0.5) is 11.5 Å². The Hall–Kier alpha value is -3.73. The predicted octanol–water partition coefficient (Wildman–Crippen LogP) is 4.92. The monoisotopic (exact) mass is 510 g/mol. The molecule has 0 amide bonds. The second-order valence-electron chi connectivity index (χ2n) is 11.3. The molecular weight excluding hydrogens is 476 g/mol. The molecule has 1 saturated carbocycles. The molecule has 0 bridgehead atoms. The molecule has 2 saturated heterocycles. The van der Waals surface area contributed by atoms with Gasteiger partial charge in [-0.2, -0.15) is 5.26 Å². The van der Waals surface area contributed by atoms with Crippen molar-refractivity contribution < 1.29 is 9.53 Å². The first kappa shape index (κ1) is 24.6. The third-order valence-corrected chi connectivity index (χ3v) is 8.92. The van der Waals surface area contributed by atoms with E-state index in [9.17, 15) is 10.1 Å². The van der Waals surface area contributed by atoms with Crippen LogP contribution in [0.5, 0.6) is 5.88 Å². The smallest absolute Gasteiger partial charge is 0.233 e. The van der Waals surface area contributed by atoms with Crippen LogP contribution in [0.2, 0.25) is 0 Å². The van der Waals surface area contributed by atoms with Gasteiger partial charge in [-0.05, 0) is 87.6 Å². The quantitative estimate of drug-likeness (QED) is 0.447. The molecule has 2 aromatic heterocycles. The van der Waals surface area contributed by atoms with Crippen molar-refractivity contribution in [3.05, 3.63) is 48.2 Å². The molecule has 6 rings (SSSR count). The van der Waals surface area contributed by atoms with E-state index < -0.39 is 0 Å². The molecule has 1 aromatic carbocycles. The summed E-state index contributed by atoms with van der Waals surface area (Å²) in [6.07, 6.45) is 9.91. The van der Waals surface area contributed by atoms with Crippen LogP contribution in [0.1, 0.15) is 57.4 Å². The summed E-state index contributed by atoms with van der Waals surface area (Å²) in [4.78, 5) is 20.4. The van der Waals surface area contributed by atoms with Crippen molar-refractivity contribution in [2.45, 2.75) is 64.0 Å². The summed E-state index contributed by atoms with van der Waals surface area (Å²) >= 11 is 0. The van der Waals surface area contributed by atoms with Gasteiger partial charge in [-0.1, -0.05) is 0 Å². The summed E-state index contributed by atoms with van der Waals surface area (Å²) in [7, 11) is 0. The Morgan fingerprint density at radius 3 is 2.61 bits per heavy atom. The molecule has 3 aliphatic rings. The molecule has 3 aromatic rings. The minimum atomic E-state index is 0.123. The first-order valence-corrected chi connectivity index (χ1v) is 13.8. The second kappa shape index (κ2) is 10.2. The Kier molecular flexibility index (Phi) is 6.61. The van der Waals surface area contributed by atoms with E-state index in [4.69, 9.17) is 4.74 Å². The van der Waals surface area contributed by atoms with Crippen LogP contribution in [-0.4, -0.2) is 53.2 Å². The molecule has 2 aliphatic heterocycles. The highest BCUT2D eigenvalue weighted by Crippen LogP contribution is 2.46. The van der Waals surface area contributed by atoms with E-state index in [0.29, 0.717) is 17.5 Å². The van der Waals surface area contributed by atoms with Gasteiger partial charge in [0.2, 0.25) is 5.88 Å². The topological polar surface area (TPSA) is 95.2 Å². The van der Waals surface area contributed by atoms with Gasteiger partial charge in [0.15, 0.2) is 5.82 Å². The van der Waals surface area contributed by atoms with E-state index in [1.165, 1.54) is 5.69 Å². The molecule has 0 radical (unpaired) electrons. The molecule has 0 N–H and O–H groups in total. The Morgan fingerprint density at radius 2 is 1.89 bits per heavy atom. The van der Waals surface area contributed by atoms with Gasteiger partial charge in [0.05, 0.1) is 11.1 Å². The molecule has 4 heterocycles. The summed E-state index contributed by atoms with van der Waals surface area (Å²) < 4.78 is 6.04. The third kappa shape index (κ3) is 4.66. The first-order valence-electron chi connectivity index (χ1n) is 13.8. The van der Waals surface area contributed by atoms with Crippen molar-refractivity contribution in [2.75, 3.05) is 29.4 Å². The zero-order valence-corrected chi connectivity index (χ0v) is 21.9. The SMILES string of the molecule is C[C@H]1CC2(CCN(c3ccc(OC4CCC(C=O)CC4)nn3)CC2)CN1c1ccc(C#N)c2ncccc12. The number of benzene rings is 1. The van der Waals surface area contributed by atoms with Crippen LogP contribution in [0.3, 0.4) is 0 Å². The lowest BCUT2D eigenvalue weighted by atomic mass is 9.77. The lowest BCUT2D eigenvalue weighted by molar-refractivity contribution is -0.112. The number of anilines is 2. The number of piperidine rings is 1. The molecular formula is C30H34N6O2. The van der Waals surface area contributed by atoms with Gasteiger partial charge < -0.3 is 19.3 Å². The van der Waals surface area contributed by atoms with E-state index >= 15 is 0 Å². The molecule has 38 heavy (non-hydrogen) atoms. The third-order valence-electron chi connectivity index (χ3n) is 8.92. The van der Waals surface area contributed by atoms with E-state index in [1.807, 2.05) is 24.3 Å². The Balaban J connectivity index is 1.09. The molecule has 8 nitrogen and oxygen atoms in total. The normalized spacial score (nSPS) is 24.9. The average Bonchev–Trinajstić information content (AvgIpc) is 3.28. The molecule has 8 heteroatoms. The summed E-state index contributed by atoms with van der Waals surface area (Å²) in [6, 6.07) is 14.7. The molecule has 1 atom stereocenters. The number of carbonyl (C=O) groups is 1. The number of pyridine rings is 1. The number of fused-ring (bicyclic) bond motifs is 1. The minimum absolute atomic E-state index is 0.123. The number of hydrogen-bond donors (Lipinski definition) is 0. The maximum atomic E-state index is 11.0. The zero-order valence-electron chi connectivity index (χ0n) is 21.9. The number of ether oxygens (including phenoxy) is 1. The van der Waals surface area contributed by atoms with Crippen LogP contribution in [0.15, 0.2) is 42.6 Å². The highest BCUT2D eigenvalue weighted by Gasteiger charge is 2.44. The summed E-state index contributed by atoms with van der Waals surface area (Å²) in [5.41, 5.74) is 2.87. The van der Waals surface area contributed by atoms with Gasteiger partial charge >= 0.3 is 0 Å². The van der Waals surface area contributed by atoms with Crippen LogP contribution in [0, 0.1) is 22.7 Å². The minimum Gasteiger partial charge on any atom is -0.473 e. The Bertz CT molecular complexity index is 1340. The largest absolute Gasteiger partial charge is 0.473 e. The summed E-state index contributed by atoms with van der Waals surface area (Å²) in [6.45, 7) is 5.25. The van der Waals surface area contributed by atoms with E-state index in [0.717, 1.165) is 87.6 Å². The Labute approximate surface area is 223 Å². The van der Waals surface area contributed by atoms with Crippen LogP contribution in [-0.2, 0) is 4.79 Å². The molecule has 3 fully saturated rings. The maximum absolute atomic E-state index is 11.0. The fourth-order valence-corrected chi connectivity index (χ4v) is 6.77. The molecule has 196 valence electrons. The van der Waals surface area contributed by atoms with Crippen LogP contribution in [0.25, 0.3) is 10.9 Å². The number of nitriles is 1. The van der Waals surface area contributed by atoms with Gasteiger partial charge in [-0.3, -0.25) is 4.98 Å². The highest BCUT2D eigenvalue weighted by molar-refractivity contribution is 5.95. The van der Waals surface area contributed by atoms with Crippen molar-refractivity contribution in [3.8, 4) is 11.9 Å². The molecule has 1 spiro atoms. The average molecular weight is 511 g/mol. The van der Waals surface area contributed by atoms with Gasteiger partial charge in [0.25, 0.3) is 0 Å². The van der Waals surface area contributed by atoms with Gasteiger partial charge in [-0.15, -0.1) is 10.2 Å². The van der Waals surface area contributed by atoms with Crippen LogP contribution >= 0.6 is 0 Å². The number of nitrogens with zero attached hydrogens (tertiary/aromatic N) is 6. The highest BCUT2D eigenvalue weighted by atomic mass is 16.5. The summed E-state index contributed by atoms with van der Waals surface area (Å²) in [5, 5.41) is 19.4. The lowest BCUT2D eigenvalue weighted by Gasteiger charge is -2.39. The van der Waals surface area contributed by atoms with Crippen LogP contribution < -0.4 is 14.5 Å². The van der Waals surface area contributed by atoms with E-state index in [2.05, 4.69) is 50.1 Å². The fourth-order valence-electron chi connectivity index (χ4n) is 6.77. The Morgan fingerprint density at radius 1 is 1.08 bits per heavy atom. The number of aromatic nitrogens is 3. The predicted molar refractivity (Wildman–Crippen MR) is 146 cm³/mol. The summed E-state index contributed by atoms with van der Waals surface area (Å²) in [5.74, 6) is 1.66.